The first-order valence-corrected chi connectivity index (χ1v) is 13.1. The van der Waals surface area contributed by atoms with Gasteiger partial charge in [-0.2, -0.15) is 5.06 Å². The van der Waals surface area contributed by atoms with E-state index in [0.717, 1.165) is 11.1 Å². The third-order valence-electron chi connectivity index (χ3n) is 5.52. The van der Waals surface area contributed by atoms with Gasteiger partial charge in [-0.15, -0.1) is 0 Å². The molecule has 0 saturated carbocycles. The first kappa shape index (κ1) is 23.6. The van der Waals surface area contributed by atoms with E-state index in [1.165, 1.54) is 7.11 Å². The predicted octanol–water partition coefficient (Wildman–Crippen LogP) is 6.38. The number of esters is 1. The number of ether oxygens (including phenoxy) is 1. The second-order valence-corrected chi connectivity index (χ2v) is 13.9. The van der Waals surface area contributed by atoms with E-state index >= 15 is 0 Å². The molecular formula is C23H32ClNO3Si. The van der Waals surface area contributed by atoms with Crippen LogP contribution in [0.5, 0.6) is 0 Å². The standard InChI is InChI=1S/C23H32ClNO3Si/c1-23(2,3)29(5,6)28-25(17-18-10-8-7-9-11-18)21(16-22(26)27-4)19-12-14-20(24)15-13-19/h7-15,21H,16-17H2,1-6H3. The van der Waals surface area contributed by atoms with Gasteiger partial charge in [-0.1, -0.05) is 74.8 Å². The van der Waals surface area contributed by atoms with Crippen molar-refractivity contribution in [3.05, 3.63) is 70.7 Å². The van der Waals surface area contributed by atoms with Crippen LogP contribution < -0.4 is 0 Å². The van der Waals surface area contributed by atoms with E-state index in [0.29, 0.717) is 11.6 Å². The van der Waals surface area contributed by atoms with Crippen LogP contribution in [0.4, 0.5) is 0 Å². The van der Waals surface area contributed by atoms with Gasteiger partial charge in [0.25, 0.3) is 0 Å². The Kier molecular flexibility index (Phi) is 8.06. The van der Waals surface area contributed by atoms with E-state index in [4.69, 9.17) is 20.9 Å². The number of carbonyl (C=O) groups is 1. The Morgan fingerprint density at radius 2 is 1.66 bits per heavy atom. The first-order chi connectivity index (χ1) is 13.5. The zero-order valence-corrected chi connectivity index (χ0v) is 20.0. The molecule has 0 saturated heterocycles. The number of hydrogen-bond donors (Lipinski definition) is 0. The van der Waals surface area contributed by atoms with Crippen LogP contribution in [0.1, 0.15) is 44.4 Å². The molecule has 0 N–H and O–H groups in total. The van der Waals surface area contributed by atoms with Crippen molar-refractivity contribution in [2.24, 2.45) is 0 Å². The normalized spacial score (nSPS) is 13.4. The Balaban J connectivity index is 2.46. The molecule has 0 spiro atoms. The second kappa shape index (κ2) is 9.89. The van der Waals surface area contributed by atoms with Gasteiger partial charge in [-0.3, -0.25) is 4.79 Å². The summed E-state index contributed by atoms with van der Waals surface area (Å²) in [5.74, 6) is -0.276. The Hall–Kier alpha value is -1.66. The molecule has 0 radical (unpaired) electrons. The van der Waals surface area contributed by atoms with Gasteiger partial charge >= 0.3 is 5.97 Å². The first-order valence-electron chi connectivity index (χ1n) is 9.85. The summed E-state index contributed by atoms with van der Waals surface area (Å²) in [6.07, 6.45) is 0.194. The topological polar surface area (TPSA) is 38.8 Å². The fraction of sp³-hybridized carbons (Fsp3) is 0.435. The molecule has 1 unspecified atom stereocenters. The molecule has 0 aromatic heterocycles. The number of rotatable bonds is 8. The van der Waals surface area contributed by atoms with Crippen LogP contribution in [-0.2, 0) is 20.6 Å². The van der Waals surface area contributed by atoms with Crippen molar-refractivity contribution in [1.82, 2.24) is 5.06 Å². The van der Waals surface area contributed by atoms with Crippen LogP contribution in [-0.4, -0.2) is 26.5 Å². The molecule has 0 amide bonds. The number of benzene rings is 2. The van der Waals surface area contributed by atoms with E-state index in [1.54, 1.807) is 0 Å². The van der Waals surface area contributed by atoms with E-state index in [9.17, 15) is 4.79 Å². The van der Waals surface area contributed by atoms with E-state index in [1.807, 2.05) is 47.5 Å². The molecule has 0 heterocycles. The van der Waals surface area contributed by atoms with Gasteiger partial charge in [0.1, 0.15) is 0 Å². The molecule has 2 rings (SSSR count). The highest BCUT2D eigenvalue weighted by atomic mass is 35.5. The summed E-state index contributed by atoms with van der Waals surface area (Å²) in [7, 11) is -0.728. The smallest absolute Gasteiger partial charge is 0.307 e. The predicted molar refractivity (Wildman–Crippen MR) is 121 cm³/mol. The number of carbonyl (C=O) groups excluding carboxylic acids is 1. The third-order valence-corrected chi connectivity index (χ3v) is 10.1. The van der Waals surface area contributed by atoms with Crippen LogP contribution in [0, 0.1) is 0 Å². The lowest BCUT2D eigenvalue weighted by Crippen LogP contribution is -2.47. The minimum absolute atomic E-state index is 0.0255. The van der Waals surface area contributed by atoms with Gasteiger partial charge in [-0.25, -0.2) is 0 Å². The number of nitrogens with zero attached hydrogens (tertiary/aromatic N) is 1. The lowest BCUT2D eigenvalue weighted by Gasteiger charge is -2.42. The average Bonchev–Trinajstić information content (AvgIpc) is 2.66. The Morgan fingerprint density at radius 3 is 2.17 bits per heavy atom. The summed E-state index contributed by atoms with van der Waals surface area (Å²) in [4.78, 5) is 12.3. The fourth-order valence-corrected chi connectivity index (χ4v) is 3.89. The molecule has 0 aliphatic rings. The lowest BCUT2D eigenvalue weighted by molar-refractivity contribution is -0.153. The molecule has 0 bridgehead atoms. The second-order valence-electron chi connectivity index (χ2n) is 8.76. The average molecular weight is 434 g/mol. The van der Waals surface area contributed by atoms with Crippen LogP contribution in [0.3, 0.4) is 0 Å². The summed E-state index contributed by atoms with van der Waals surface area (Å²) < 4.78 is 11.7. The molecule has 0 aliphatic heterocycles. The van der Waals surface area contributed by atoms with Gasteiger partial charge in [-0.05, 0) is 41.4 Å². The SMILES string of the molecule is COC(=O)CC(c1ccc(Cl)cc1)N(Cc1ccccc1)O[Si](C)(C)C(C)(C)C. The van der Waals surface area contributed by atoms with Gasteiger partial charge in [0.15, 0.2) is 0 Å². The molecule has 6 heteroatoms. The highest BCUT2D eigenvalue weighted by Crippen LogP contribution is 2.40. The summed E-state index contributed by atoms with van der Waals surface area (Å²) in [5, 5.41) is 2.65. The summed E-state index contributed by atoms with van der Waals surface area (Å²) in [6.45, 7) is 11.6. The van der Waals surface area contributed by atoms with Gasteiger partial charge in [0.2, 0.25) is 8.32 Å². The number of halogens is 1. The lowest BCUT2D eigenvalue weighted by atomic mass is 10.0. The zero-order chi connectivity index (χ0) is 21.7. The molecule has 2 aromatic rings. The van der Waals surface area contributed by atoms with E-state index in [-0.39, 0.29) is 23.5 Å². The molecule has 4 nitrogen and oxygen atoms in total. The van der Waals surface area contributed by atoms with E-state index in [2.05, 4.69) is 46.0 Å². The third kappa shape index (κ3) is 6.68. The Morgan fingerprint density at radius 1 is 1.07 bits per heavy atom. The van der Waals surface area contributed by atoms with Crippen molar-refractivity contribution in [3.63, 3.8) is 0 Å². The molecule has 158 valence electrons. The minimum atomic E-state index is -2.14. The summed E-state index contributed by atoms with van der Waals surface area (Å²) in [6, 6.07) is 17.4. The number of methoxy groups -OCH3 is 1. The maximum absolute atomic E-state index is 12.3. The van der Waals surface area contributed by atoms with Gasteiger partial charge in [0, 0.05) is 11.6 Å². The van der Waals surface area contributed by atoms with E-state index < -0.39 is 8.32 Å². The molecule has 0 fully saturated rings. The largest absolute Gasteiger partial charge is 0.469 e. The Bertz CT molecular complexity index is 788. The van der Waals surface area contributed by atoms with Crippen molar-refractivity contribution in [2.45, 2.75) is 57.9 Å². The van der Waals surface area contributed by atoms with Crippen molar-refractivity contribution < 1.29 is 14.1 Å². The van der Waals surface area contributed by atoms with Crippen LogP contribution in [0.2, 0.25) is 23.2 Å². The highest BCUT2D eigenvalue weighted by Gasteiger charge is 2.41. The number of hydrogen-bond acceptors (Lipinski definition) is 4. The fourth-order valence-electron chi connectivity index (χ4n) is 2.71. The zero-order valence-electron chi connectivity index (χ0n) is 18.2. The number of hydroxylamine groups is 2. The molecular weight excluding hydrogens is 402 g/mol. The van der Waals surface area contributed by atoms with Crippen molar-refractivity contribution in [3.8, 4) is 0 Å². The van der Waals surface area contributed by atoms with Crippen molar-refractivity contribution in [2.75, 3.05) is 7.11 Å². The van der Waals surface area contributed by atoms with Crippen LogP contribution in [0.25, 0.3) is 0 Å². The van der Waals surface area contributed by atoms with Gasteiger partial charge in [0.05, 0.1) is 19.6 Å². The summed E-state index contributed by atoms with van der Waals surface area (Å²) >= 11 is 6.10. The molecule has 0 aliphatic carbocycles. The quantitative estimate of drug-likeness (QED) is 0.275. The molecule has 29 heavy (non-hydrogen) atoms. The minimum Gasteiger partial charge on any atom is -0.469 e. The highest BCUT2D eigenvalue weighted by molar-refractivity contribution is 6.74. The molecule has 2 aromatic carbocycles. The van der Waals surface area contributed by atoms with Crippen LogP contribution >= 0.6 is 11.6 Å². The maximum Gasteiger partial charge on any atom is 0.307 e. The van der Waals surface area contributed by atoms with Gasteiger partial charge < -0.3 is 9.26 Å². The van der Waals surface area contributed by atoms with Crippen molar-refractivity contribution >= 4 is 25.9 Å². The maximum atomic E-state index is 12.3. The Labute approximate surface area is 180 Å². The molecule has 1 atom stereocenters. The van der Waals surface area contributed by atoms with Crippen molar-refractivity contribution in [1.29, 1.82) is 0 Å². The monoisotopic (exact) mass is 433 g/mol. The summed E-state index contributed by atoms with van der Waals surface area (Å²) in [5.41, 5.74) is 2.09. The van der Waals surface area contributed by atoms with Crippen LogP contribution in [0.15, 0.2) is 54.6 Å².